The van der Waals surface area contributed by atoms with E-state index in [4.69, 9.17) is 0 Å². The van der Waals surface area contributed by atoms with E-state index in [1.807, 2.05) is 0 Å². The minimum absolute atomic E-state index is 0.0373. The monoisotopic (exact) mass is 428 g/mol. The number of nitrogens with zero attached hydrogens (tertiary/aromatic N) is 2. The Hall–Kier alpha value is -2.80. The zero-order chi connectivity index (χ0) is 22.4. The third kappa shape index (κ3) is 4.32. The molecule has 0 bridgehead atoms. The van der Waals surface area contributed by atoms with Crippen molar-refractivity contribution in [3.8, 4) is 11.1 Å². The number of hydrogen-bond donors (Lipinski definition) is 1. The number of carbonyl (C=O) groups is 2. The van der Waals surface area contributed by atoms with Crippen molar-refractivity contribution in [2.75, 3.05) is 26.2 Å². The van der Waals surface area contributed by atoms with Gasteiger partial charge in [0.1, 0.15) is 5.60 Å². The van der Waals surface area contributed by atoms with Crippen molar-refractivity contribution in [2.24, 2.45) is 0 Å². The Bertz CT molecular complexity index is 1000. The quantitative estimate of drug-likeness (QED) is 0.810. The van der Waals surface area contributed by atoms with E-state index in [9.17, 15) is 23.5 Å². The second-order valence-electron chi connectivity index (χ2n) is 8.63. The van der Waals surface area contributed by atoms with E-state index in [0.717, 1.165) is 12.5 Å². The number of amides is 2. The molecule has 0 radical (unpaired) electrons. The Balaban J connectivity index is 1.46. The normalized spacial score (nSPS) is 18.1. The van der Waals surface area contributed by atoms with Crippen LogP contribution in [0.3, 0.4) is 0 Å². The molecule has 5 nitrogen and oxygen atoms in total. The van der Waals surface area contributed by atoms with Crippen LogP contribution >= 0.6 is 0 Å². The summed E-state index contributed by atoms with van der Waals surface area (Å²) in [7, 11) is 0. The number of alkyl halides is 2. The molecule has 2 aliphatic rings. The Kier molecular flexibility index (Phi) is 5.33. The van der Waals surface area contributed by atoms with Crippen LogP contribution in [0.15, 0.2) is 42.5 Å². The first kappa shape index (κ1) is 21.4. The summed E-state index contributed by atoms with van der Waals surface area (Å²) in [5, 5.41) is 9.99. The van der Waals surface area contributed by atoms with Gasteiger partial charge in [-0.25, -0.2) is 8.78 Å². The molecule has 0 spiro atoms. The molecule has 1 aliphatic heterocycles. The van der Waals surface area contributed by atoms with Gasteiger partial charge in [0.25, 0.3) is 17.7 Å². The predicted octanol–water partition coefficient (Wildman–Crippen LogP) is 3.58. The van der Waals surface area contributed by atoms with Crippen LogP contribution in [-0.4, -0.2) is 58.5 Å². The van der Waals surface area contributed by atoms with Crippen LogP contribution in [0.5, 0.6) is 0 Å². The summed E-state index contributed by atoms with van der Waals surface area (Å²) < 4.78 is 28.2. The van der Waals surface area contributed by atoms with Crippen LogP contribution in [0.1, 0.15) is 41.3 Å². The van der Waals surface area contributed by atoms with Crippen LogP contribution in [0, 0.1) is 6.92 Å². The number of halogens is 2. The number of carbonyl (C=O) groups excluding carboxylic acids is 2. The Morgan fingerprint density at radius 3 is 2.10 bits per heavy atom. The van der Waals surface area contributed by atoms with E-state index in [1.165, 1.54) is 6.07 Å². The fourth-order valence-corrected chi connectivity index (χ4v) is 3.99. The van der Waals surface area contributed by atoms with E-state index in [-0.39, 0.29) is 17.4 Å². The SMILES string of the molecule is Cc1ccc(-c2ccc(C(=O)N3CCN(C(=O)C4(O)CC4)CC3)cc2)c(C(C)(F)F)c1. The molecule has 2 fully saturated rings. The van der Waals surface area contributed by atoms with Crippen LogP contribution in [0.25, 0.3) is 11.1 Å². The van der Waals surface area contributed by atoms with Crippen molar-refractivity contribution in [1.82, 2.24) is 9.80 Å². The molecule has 2 amide bonds. The summed E-state index contributed by atoms with van der Waals surface area (Å²) >= 11 is 0. The van der Waals surface area contributed by atoms with E-state index in [1.54, 1.807) is 53.1 Å². The summed E-state index contributed by atoms with van der Waals surface area (Å²) in [5.74, 6) is -3.38. The van der Waals surface area contributed by atoms with Crippen LogP contribution in [0.4, 0.5) is 8.78 Å². The molecule has 31 heavy (non-hydrogen) atoms. The molecule has 1 heterocycles. The van der Waals surface area contributed by atoms with Crippen molar-refractivity contribution in [2.45, 2.75) is 38.2 Å². The van der Waals surface area contributed by atoms with E-state index >= 15 is 0 Å². The molecule has 0 atom stereocenters. The van der Waals surface area contributed by atoms with E-state index < -0.39 is 11.5 Å². The maximum atomic E-state index is 14.1. The third-order valence-corrected chi connectivity index (χ3v) is 6.07. The lowest BCUT2D eigenvalue weighted by atomic mass is 9.94. The molecule has 0 unspecified atom stereocenters. The Labute approximate surface area is 180 Å². The largest absolute Gasteiger partial charge is 0.380 e. The van der Waals surface area contributed by atoms with Gasteiger partial charge in [-0.05, 0) is 49.1 Å². The highest BCUT2D eigenvalue weighted by molar-refractivity contribution is 5.95. The van der Waals surface area contributed by atoms with Gasteiger partial charge in [-0.2, -0.15) is 0 Å². The molecular formula is C24H26F2N2O3. The van der Waals surface area contributed by atoms with Crippen molar-refractivity contribution >= 4 is 11.8 Å². The molecule has 2 aromatic carbocycles. The second kappa shape index (κ2) is 7.71. The first-order valence-electron chi connectivity index (χ1n) is 10.5. The van der Waals surface area contributed by atoms with Gasteiger partial charge in [-0.3, -0.25) is 9.59 Å². The fraction of sp³-hybridized carbons (Fsp3) is 0.417. The number of hydrogen-bond acceptors (Lipinski definition) is 3. The van der Waals surface area contributed by atoms with Gasteiger partial charge in [0.05, 0.1) is 0 Å². The molecule has 1 saturated carbocycles. The first-order chi connectivity index (χ1) is 14.6. The lowest BCUT2D eigenvalue weighted by Gasteiger charge is -2.35. The highest BCUT2D eigenvalue weighted by atomic mass is 19.3. The average molecular weight is 428 g/mol. The number of aliphatic hydroxyl groups is 1. The standard InChI is InChI=1S/C24H26F2N2O3/c1-16-3-8-19(20(15-16)23(2,25)26)17-4-6-18(7-5-17)21(29)27-11-13-28(14-12-27)22(30)24(31)9-10-24/h3-8,15,31H,9-14H2,1-2H3. The molecule has 0 aromatic heterocycles. The third-order valence-electron chi connectivity index (χ3n) is 6.07. The topological polar surface area (TPSA) is 60.9 Å². The fourth-order valence-electron chi connectivity index (χ4n) is 3.99. The highest BCUT2D eigenvalue weighted by Crippen LogP contribution is 2.37. The van der Waals surface area contributed by atoms with Gasteiger partial charge in [-0.1, -0.05) is 29.8 Å². The lowest BCUT2D eigenvalue weighted by Crippen LogP contribution is -2.53. The maximum Gasteiger partial charge on any atom is 0.271 e. The van der Waals surface area contributed by atoms with E-state index in [0.29, 0.717) is 55.7 Å². The molecule has 4 rings (SSSR count). The predicted molar refractivity (Wildman–Crippen MR) is 113 cm³/mol. The number of benzene rings is 2. The van der Waals surface area contributed by atoms with Gasteiger partial charge < -0.3 is 14.9 Å². The summed E-state index contributed by atoms with van der Waals surface area (Å²) in [5.41, 5.74) is 1.08. The van der Waals surface area contributed by atoms with Crippen molar-refractivity contribution in [3.05, 3.63) is 59.2 Å². The van der Waals surface area contributed by atoms with Gasteiger partial charge in [0.15, 0.2) is 0 Å². The van der Waals surface area contributed by atoms with Gasteiger partial charge in [-0.15, -0.1) is 0 Å². The van der Waals surface area contributed by atoms with Crippen molar-refractivity contribution in [3.63, 3.8) is 0 Å². The number of rotatable bonds is 4. The Morgan fingerprint density at radius 2 is 1.55 bits per heavy atom. The van der Waals surface area contributed by atoms with Crippen LogP contribution < -0.4 is 0 Å². The van der Waals surface area contributed by atoms with Crippen molar-refractivity contribution < 1.29 is 23.5 Å². The number of aryl methyl sites for hydroxylation is 1. The van der Waals surface area contributed by atoms with Crippen LogP contribution in [-0.2, 0) is 10.7 Å². The molecular weight excluding hydrogens is 402 g/mol. The summed E-state index contributed by atoms with van der Waals surface area (Å²) in [6, 6.07) is 11.7. The summed E-state index contributed by atoms with van der Waals surface area (Å²) in [4.78, 5) is 28.4. The van der Waals surface area contributed by atoms with Crippen LogP contribution in [0.2, 0.25) is 0 Å². The molecule has 1 saturated heterocycles. The number of piperazine rings is 1. The minimum Gasteiger partial charge on any atom is -0.380 e. The minimum atomic E-state index is -2.97. The second-order valence-corrected chi connectivity index (χ2v) is 8.63. The zero-order valence-electron chi connectivity index (χ0n) is 17.7. The molecule has 7 heteroatoms. The molecule has 164 valence electrons. The molecule has 1 N–H and O–H groups in total. The summed E-state index contributed by atoms with van der Waals surface area (Å²) in [6.07, 6.45) is 1.01. The van der Waals surface area contributed by atoms with Gasteiger partial charge >= 0.3 is 0 Å². The van der Waals surface area contributed by atoms with Crippen molar-refractivity contribution in [1.29, 1.82) is 0 Å². The first-order valence-corrected chi connectivity index (χ1v) is 10.5. The summed E-state index contributed by atoms with van der Waals surface area (Å²) in [6.45, 7) is 4.24. The maximum absolute atomic E-state index is 14.1. The highest BCUT2D eigenvalue weighted by Gasteiger charge is 2.50. The zero-order valence-corrected chi connectivity index (χ0v) is 17.7. The average Bonchev–Trinajstić information content (AvgIpc) is 3.51. The van der Waals surface area contributed by atoms with Gasteiger partial charge in [0, 0.05) is 44.2 Å². The van der Waals surface area contributed by atoms with Gasteiger partial charge in [0.2, 0.25) is 0 Å². The smallest absolute Gasteiger partial charge is 0.271 e. The lowest BCUT2D eigenvalue weighted by molar-refractivity contribution is -0.143. The Morgan fingerprint density at radius 1 is 0.968 bits per heavy atom. The molecule has 1 aliphatic carbocycles. The van der Waals surface area contributed by atoms with E-state index in [2.05, 4.69) is 0 Å². The molecule has 2 aromatic rings.